The Morgan fingerprint density at radius 2 is 1.82 bits per heavy atom. The summed E-state index contributed by atoms with van der Waals surface area (Å²) in [5, 5.41) is 0.190. The van der Waals surface area contributed by atoms with Gasteiger partial charge in [-0.15, -0.1) is 0 Å². The van der Waals surface area contributed by atoms with Gasteiger partial charge in [-0.2, -0.15) is 4.31 Å². The van der Waals surface area contributed by atoms with Crippen molar-refractivity contribution < 1.29 is 27.5 Å². The van der Waals surface area contributed by atoms with Crippen molar-refractivity contribution in [3.8, 4) is 0 Å². The summed E-state index contributed by atoms with van der Waals surface area (Å²) < 4.78 is 36.4. The first-order valence-corrected chi connectivity index (χ1v) is 10.1. The summed E-state index contributed by atoms with van der Waals surface area (Å²) in [6, 6.07) is 5.08. The summed E-state index contributed by atoms with van der Waals surface area (Å²) in [5.74, 6) is -1.70. The van der Waals surface area contributed by atoms with Crippen LogP contribution in [0.4, 0.5) is 0 Å². The monoisotopic (exact) mass is 410 g/mol. The quantitative estimate of drug-likeness (QED) is 0.682. The molecule has 0 radical (unpaired) electrons. The van der Waals surface area contributed by atoms with Gasteiger partial charge in [0.25, 0.3) is 0 Å². The molecular formula is C18H22N2O7S. The molecule has 0 bridgehead atoms. The van der Waals surface area contributed by atoms with E-state index in [-0.39, 0.29) is 34.5 Å². The number of carbonyl (C=O) groups excluding carboxylic acids is 2. The van der Waals surface area contributed by atoms with E-state index < -0.39 is 33.6 Å². The highest BCUT2D eigenvalue weighted by atomic mass is 32.2. The average Bonchev–Trinajstić information content (AvgIpc) is 2.66. The first kappa shape index (κ1) is 21.6. The van der Waals surface area contributed by atoms with Crippen LogP contribution in [0.1, 0.15) is 31.1 Å². The number of fused-ring (bicyclic) bond motifs is 1. The Labute approximate surface area is 162 Å². The minimum Gasteiger partial charge on any atom is -0.466 e. The van der Waals surface area contributed by atoms with Gasteiger partial charge in [0, 0.05) is 30.1 Å². The molecule has 9 nitrogen and oxygen atoms in total. The lowest BCUT2D eigenvalue weighted by Crippen LogP contribution is -2.30. The van der Waals surface area contributed by atoms with Gasteiger partial charge in [0.15, 0.2) is 6.10 Å². The highest BCUT2D eigenvalue weighted by Crippen LogP contribution is 2.23. The summed E-state index contributed by atoms with van der Waals surface area (Å²) >= 11 is 0. The molecule has 2 rings (SSSR count). The molecular weight excluding hydrogens is 388 g/mol. The SMILES string of the molecule is CCN(CC)S(=O)(=O)c1ccc2[nH]c(=O)cc(C(=O)O[C@H](C)C(=O)OC)c2c1. The second-order valence-corrected chi connectivity index (χ2v) is 7.85. The van der Waals surface area contributed by atoms with E-state index in [1.54, 1.807) is 13.8 Å². The number of H-pyrrole nitrogens is 1. The number of benzene rings is 1. The maximum atomic E-state index is 12.8. The van der Waals surface area contributed by atoms with Gasteiger partial charge in [-0.25, -0.2) is 18.0 Å². The van der Waals surface area contributed by atoms with Crippen molar-refractivity contribution in [2.75, 3.05) is 20.2 Å². The summed E-state index contributed by atoms with van der Waals surface area (Å²) in [4.78, 5) is 38.4. The van der Waals surface area contributed by atoms with Gasteiger partial charge >= 0.3 is 11.9 Å². The normalized spacial score (nSPS) is 12.8. The molecule has 1 aromatic carbocycles. The zero-order valence-electron chi connectivity index (χ0n) is 16.0. The van der Waals surface area contributed by atoms with E-state index in [0.717, 1.165) is 13.2 Å². The van der Waals surface area contributed by atoms with Gasteiger partial charge in [-0.05, 0) is 25.1 Å². The van der Waals surface area contributed by atoms with E-state index >= 15 is 0 Å². The van der Waals surface area contributed by atoms with E-state index in [1.807, 2.05) is 0 Å². The van der Waals surface area contributed by atoms with Gasteiger partial charge in [-0.3, -0.25) is 4.79 Å². The number of nitrogens with zero attached hydrogens (tertiary/aromatic N) is 1. The van der Waals surface area contributed by atoms with Crippen LogP contribution < -0.4 is 5.56 Å². The molecule has 0 fully saturated rings. The second kappa shape index (κ2) is 8.53. The van der Waals surface area contributed by atoms with Crippen LogP contribution in [-0.4, -0.2) is 55.9 Å². The Morgan fingerprint density at radius 3 is 2.39 bits per heavy atom. The number of aromatic nitrogens is 1. The fourth-order valence-electron chi connectivity index (χ4n) is 2.71. The third kappa shape index (κ3) is 4.23. The Morgan fingerprint density at radius 1 is 1.18 bits per heavy atom. The standard InChI is InChI=1S/C18H22N2O7S/c1-5-20(6-2)28(24,25)12-7-8-15-13(9-12)14(10-16(21)19-15)18(23)27-11(3)17(22)26-4/h7-11H,5-6H2,1-4H3,(H,19,21)/t11-/m1/s1. The van der Waals surface area contributed by atoms with Crippen LogP contribution in [-0.2, 0) is 24.3 Å². The number of nitrogens with one attached hydrogen (secondary N) is 1. The summed E-state index contributed by atoms with van der Waals surface area (Å²) in [6.07, 6.45) is -1.19. The summed E-state index contributed by atoms with van der Waals surface area (Å²) in [6.45, 7) is 5.34. The average molecular weight is 410 g/mol. The first-order chi connectivity index (χ1) is 13.1. The van der Waals surface area contributed by atoms with Crippen molar-refractivity contribution in [1.82, 2.24) is 9.29 Å². The highest BCUT2D eigenvalue weighted by molar-refractivity contribution is 7.89. The molecule has 1 atom stereocenters. The lowest BCUT2D eigenvalue weighted by molar-refractivity contribution is -0.149. The number of carbonyl (C=O) groups is 2. The van der Waals surface area contributed by atoms with Gasteiger partial charge < -0.3 is 14.5 Å². The van der Waals surface area contributed by atoms with Crippen molar-refractivity contribution in [2.24, 2.45) is 0 Å². The number of rotatable bonds is 7. The topological polar surface area (TPSA) is 123 Å². The molecule has 0 unspecified atom stereocenters. The number of esters is 2. The number of sulfonamides is 1. The summed E-state index contributed by atoms with van der Waals surface area (Å²) in [7, 11) is -2.62. The van der Waals surface area contributed by atoms with Crippen molar-refractivity contribution in [3.63, 3.8) is 0 Å². The number of aromatic amines is 1. The minimum atomic E-state index is -3.77. The third-order valence-electron chi connectivity index (χ3n) is 4.19. The molecule has 1 heterocycles. The molecule has 0 spiro atoms. The number of hydrogen-bond donors (Lipinski definition) is 1. The smallest absolute Gasteiger partial charge is 0.346 e. The van der Waals surface area contributed by atoms with Crippen LogP contribution in [0.3, 0.4) is 0 Å². The molecule has 1 aromatic heterocycles. The van der Waals surface area contributed by atoms with Crippen LogP contribution in [0, 0.1) is 0 Å². The van der Waals surface area contributed by atoms with E-state index in [2.05, 4.69) is 9.72 Å². The van der Waals surface area contributed by atoms with Gasteiger partial charge in [-0.1, -0.05) is 13.8 Å². The molecule has 0 saturated heterocycles. The molecule has 2 aromatic rings. The molecule has 1 N–H and O–H groups in total. The number of pyridine rings is 1. The van der Waals surface area contributed by atoms with Crippen LogP contribution in [0.25, 0.3) is 10.9 Å². The van der Waals surface area contributed by atoms with E-state index in [0.29, 0.717) is 0 Å². The van der Waals surface area contributed by atoms with Gasteiger partial charge in [0.05, 0.1) is 17.6 Å². The van der Waals surface area contributed by atoms with Crippen molar-refractivity contribution in [2.45, 2.75) is 31.8 Å². The summed E-state index contributed by atoms with van der Waals surface area (Å²) in [5.41, 5.74) is -0.445. The van der Waals surface area contributed by atoms with E-state index in [4.69, 9.17) is 4.74 Å². The lowest BCUT2D eigenvalue weighted by atomic mass is 10.1. The van der Waals surface area contributed by atoms with Gasteiger partial charge in [0.2, 0.25) is 15.6 Å². The Hall–Kier alpha value is -2.72. The molecule has 10 heteroatoms. The van der Waals surface area contributed by atoms with E-state index in [9.17, 15) is 22.8 Å². The van der Waals surface area contributed by atoms with Crippen LogP contribution >= 0.6 is 0 Å². The fraction of sp³-hybridized carbons (Fsp3) is 0.389. The Bertz CT molecular complexity index is 1060. The largest absolute Gasteiger partial charge is 0.466 e. The molecule has 28 heavy (non-hydrogen) atoms. The van der Waals surface area contributed by atoms with Crippen molar-refractivity contribution in [1.29, 1.82) is 0 Å². The maximum Gasteiger partial charge on any atom is 0.346 e. The Kier molecular flexibility index (Phi) is 6.57. The van der Waals surface area contributed by atoms with Crippen molar-refractivity contribution in [3.05, 3.63) is 40.2 Å². The van der Waals surface area contributed by atoms with Crippen LogP contribution in [0.2, 0.25) is 0 Å². The van der Waals surface area contributed by atoms with Crippen molar-refractivity contribution >= 4 is 32.9 Å². The predicted octanol–water partition coefficient (Wildman–Crippen LogP) is 1.28. The zero-order chi connectivity index (χ0) is 21.1. The minimum absolute atomic E-state index is 0.0224. The molecule has 0 saturated carbocycles. The van der Waals surface area contributed by atoms with Crippen LogP contribution in [0.15, 0.2) is 34.0 Å². The van der Waals surface area contributed by atoms with E-state index in [1.165, 1.54) is 29.4 Å². The molecule has 0 aliphatic heterocycles. The number of ether oxygens (including phenoxy) is 2. The van der Waals surface area contributed by atoms with Crippen LogP contribution in [0.5, 0.6) is 0 Å². The number of methoxy groups -OCH3 is 1. The van der Waals surface area contributed by atoms with Gasteiger partial charge in [0.1, 0.15) is 0 Å². The molecule has 152 valence electrons. The predicted molar refractivity (Wildman–Crippen MR) is 102 cm³/mol. The molecule has 0 amide bonds. The molecule has 0 aliphatic rings. The third-order valence-corrected chi connectivity index (χ3v) is 6.24. The Balaban J connectivity index is 2.59. The molecule has 0 aliphatic carbocycles. The highest BCUT2D eigenvalue weighted by Gasteiger charge is 2.25. The second-order valence-electron chi connectivity index (χ2n) is 5.91. The maximum absolute atomic E-state index is 12.8. The fourth-order valence-corrected chi connectivity index (χ4v) is 4.20. The first-order valence-electron chi connectivity index (χ1n) is 8.61. The number of hydrogen-bond acceptors (Lipinski definition) is 7. The zero-order valence-corrected chi connectivity index (χ0v) is 16.8. The lowest BCUT2D eigenvalue weighted by Gasteiger charge is -2.19.